The van der Waals surface area contributed by atoms with Gasteiger partial charge >= 0.3 is 0 Å². The number of hydrogen-bond acceptors (Lipinski definition) is 5. The lowest BCUT2D eigenvalue weighted by atomic mass is 10.2. The Kier molecular flexibility index (Phi) is 4.74. The van der Waals surface area contributed by atoms with Crippen LogP contribution in [0, 0.1) is 0 Å². The molecule has 1 aliphatic rings. The van der Waals surface area contributed by atoms with Crippen molar-refractivity contribution in [3.63, 3.8) is 0 Å². The highest BCUT2D eigenvalue weighted by Crippen LogP contribution is 2.32. The van der Waals surface area contributed by atoms with Crippen LogP contribution in [0.4, 0.5) is 11.4 Å². The van der Waals surface area contributed by atoms with E-state index in [1.54, 1.807) is 26.2 Å². The van der Waals surface area contributed by atoms with Gasteiger partial charge in [0, 0.05) is 11.8 Å². The molecular formula is C18H20N2O4. The Labute approximate surface area is 140 Å². The normalized spacial score (nSPS) is 13.8. The van der Waals surface area contributed by atoms with Crippen LogP contribution in [-0.4, -0.2) is 32.3 Å². The number of nitrogens with one attached hydrogen (secondary N) is 2. The molecule has 2 aromatic rings. The highest BCUT2D eigenvalue weighted by Gasteiger charge is 2.17. The summed E-state index contributed by atoms with van der Waals surface area (Å²) >= 11 is 0. The molecule has 24 heavy (non-hydrogen) atoms. The third kappa shape index (κ3) is 3.53. The summed E-state index contributed by atoms with van der Waals surface area (Å²) in [6.07, 6.45) is 0. The van der Waals surface area contributed by atoms with Gasteiger partial charge in [-0.1, -0.05) is 12.1 Å². The molecule has 2 N–H and O–H groups in total. The number of para-hydroxylation sites is 2. The summed E-state index contributed by atoms with van der Waals surface area (Å²) in [7, 11) is 1.57. The molecule has 1 aliphatic heterocycles. The quantitative estimate of drug-likeness (QED) is 0.883. The molecule has 1 amide bonds. The van der Waals surface area contributed by atoms with Gasteiger partial charge in [0.15, 0.2) is 11.5 Å². The Morgan fingerprint density at radius 3 is 2.67 bits per heavy atom. The molecule has 1 heterocycles. The molecule has 0 unspecified atom stereocenters. The van der Waals surface area contributed by atoms with Crippen molar-refractivity contribution in [3.05, 3.63) is 42.5 Å². The average Bonchev–Trinajstić information content (AvgIpc) is 2.62. The number of hydrogen-bond donors (Lipinski definition) is 2. The maximum Gasteiger partial charge on any atom is 0.246 e. The Bertz CT molecular complexity index is 733. The second-order valence-electron chi connectivity index (χ2n) is 5.41. The van der Waals surface area contributed by atoms with Crippen molar-refractivity contribution < 1.29 is 19.0 Å². The van der Waals surface area contributed by atoms with Crippen molar-refractivity contribution in [3.8, 4) is 17.2 Å². The van der Waals surface area contributed by atoms with Gasteiger partial charge in [0.1, 0.15) is 25.0 Å². The zero-order chi connectivity index (χ0) is 16.9. The van der Waals surface area contributed by atoms with E-state index in [0.717, 1.165) is 11.4 Å². The van der Waals surface area contributed by atoms with Gasteiger partial charge in [-0.05, 0) is 31.2 Å². The zero-order valence-electron chi connectivity index (χ0n) is 13.7. The van der Waals surface area contributed by atoms with Gasteiger partial charge in [0.05, 0.1) is 12.8 Å². The van der Waals surface area contributed by atoms with E-state index in [0.29, 0.717) is 30.4 Å². The fourth-order valence-electron chi connectivity index (χ4n) is 2.44. The van der Waals surface area contributed by atoms with E-state index >= 15 is 0 Å². The fourth-order valence-corrected chi connectivity index (χ4v) is 2.44. The molecule has 0 saturated heterocycles. The summed E-state index contributed by atoms with van der Waals surface area (Å²) < 4.78 is 16.3. The summed E-state index contributed by atoms with van der Waals surface area (Å²) in [6.45, 7) is 2.87. The van der Waals surface area contributed by atoms with E-state index in [2.05, 4.69) is 10.6 Å². The van der Waals surface area contributed by atoms with E-state index < -0.39 is 6.04 Å². The minimum absolute atomic E-state index is 0.158. The number of carbonyl (C=O) groups excluding carboxylic acids is 1. The Morgan fingerprint density at radius 2 is 1.88 bits per heavy atom. The molecule has 0 aliphatic carbocycles. The number of amides is 1. The topological polar surface area (TPSA) is 68.8 Å². The molecule has 0 aromatic heterocycles. The largest absolute Gasteiger partial charge is 0.495 e. The Hall–Kier alpha value is -2.89. The first-order valence-electron chi connectivity index (χ1n) is 7.77. The third-order valence-corrected chi connectivity index (χ3v) is 3.68. The maximum absolute atomic E-state index is 12.4. The van der Waals surface area contributed by atoms with Crippen molar-refractivity contribution in [2.45, 2.75) is 13.0 Å². The Morgan fingerprint density at radius 1 is 1.12 bits per heavy atom. The second-order valence-corrected chi connectivity index (χ2v) is 5.41. The standard InChI is InChI=1S/C18H20N2O4/c1-12(18(21)20-14-5-3-4-6-15(14)22-2)19-13-7-8-16-17(11-13)24-10-9-23-16/h3-8,11-12,19H,9-10H2,1-2H3,(H,20,21)/t12-/m0/s1. The molecule has 1 atom stereocenters. The van der Waals surface area contributed by atoms with E-state index in [9.17, 15) is 4.79 Å². The summed E-state index contributed by atoms with van der Waals surface area (Å²) in [5.74, 6) is 1.87. The van der Waals surface area contributed by atoms with Crippen molar-refractivity contribution in [1.29, 1.82) is 0 Å². The van der Waals surface area contributed by atoms with Gasteiger partial charge in [-0.3, -0.25) is 4.79 Å². The van der Waals surface area contributed by atoms with E-state index in [-0.39, 0.29) is 5.91 Å². The predicted molar refractivity (Wildman–Crippen MR) is 92.1 cm³/mol. The monoisotopic (exact) mass is 328 g/mol. The van der Waals surface area contributed by atoms with Gasteiger partial charge < -0.3 is 24.8 Å². The van der Waals surface area contributed by atoms with Crippen LogP contribution >= 0.6 is 0 Å². The lowest BCUT2D eigenvalue weighted by molar-refractivity contribution is -0.116. The molecule has 0 radical (unpaired) electrons. The number of ether oxygens (including phenoxy) is 3. The van der Waals surface area contributed by atoms with Crippen LogP contribution in [0.25, 0.3) is 0 Å². The first-order chi connectivity index (χ1) is 11.7. The first-order valence-corrected chi connectivity index (χ1v) is 7.77. The summed E-state index contributed by atoms with van der Waals surface area (Å²) in [5, 5.41) is 6.02. The van der Waals surface area contributed by atoms with E-state index in [1.807, 2.05) is 30.3 Å². The van der Waals surface area contributed by atoms with Gasteiger partial charge in [-0.2, -0.15) is 0 Å². The highest BCUT2D eigenvalue weighted by atomic mass is 16.6. The molecule has 0 fully saturated rings. The number of anilines is 2. The second kappa shape index (κ2) is 7.12. The lowest BCUT2D eigenvalue weighted by Gasteiger charge is -2.21. The molecule has 0 saturated carbocycles. The zero-order valence-corrected chi connectivity index (χ0v) is 13.7. The molecule has 2 aromatic carbocycles. The molecule has 126 valence electrons. The third-order valence-electron chi connectivity index (χ3n) is 3.68. The SMILES string of the molecule is COc1ccccc1NC(=O)[C@H](C)Nc1ccc2c(c1)OCCO2. The summed E-state index contributed by atoms with van der Waals surface area (Å²) in [6, 6.07) is 12.4. The predicted octanol–water partition coefficient (Wildman–Crippen LogP) is 2.91. The van der Waals surface area contributed by atoms with Crippen molar-refractivity contribution in [1.82, 2.24) is 0 Å². The van der Waals surface area contributed by atoms with Crippen LogP contribution in [-0.2, 0) is 4.79 Å². The van der Waals surface area contributed by atoms with Crippen LogP contribution in [0.15, 0.2) is 42.5 Å². The molecule has 6 nitrogen and oxygen atoms in total. The van der Waals surface area contributed by atoms with E-state index in [4.69, 9.17) is 14.2 Å². The fraction of sp³-hybridized carbons (Fsp3) is 0.278. The number of methoxy groups -OCH3 is 1. The Balaban J connectivity index is 1.66. The van der Waals surface area contributed by atoms with Gasteiger partial charge in [-0.25, -0.2) is 0 Å². The van der Waals surface area contributed by atoms with Crippen molar-refractivity contribution in [2.75, 3.05) is 31.0 Å². The highest BCUT2D eigenvalue weighted by molar-refractivity contribution is 5.97. The van der Waals surface area contributed by atoms with Crippen LogP contribution in [0.3, 0.4) is 0 Å². The lowest BCUT2D eigenvalue weighted by Crippen LogP contribution is -2.32. The average molecular weight is 328 g/mol. The van der Waals surface area contributed by atoms with Crippen molar-refractivity contribution >= 4 is 17.3 Å². The number of rotatable bonds is 5. The molecule has 3 rings (SSSR count). The summed E-state index contributed by atoms with van der Waals surface area (Å²) in [4.78, 5) is 12.4. The number of fused-ring (bicyclic) bond motifs is 1. The molecule has 0 bridgehead atoms. The maximum atomic E-state index is 12.4. The minimum atomic E-state index is -0.433. The van der Waals surface area contributed by atoms with Crippen molar-refractivity contribution in [2.24, 2.45) is 0 Å². The molecular weight excluding hydrogens is 308 g/mol. The number of benzene rings is 2. The van der Waals surface area contributed by atoms with E-state index in [1.165, 1.54) is 0 Å². The van der Waals surface area contributed by atoms with Gasteiger partial charge in [0.2, 0.25) is 5.91 Å². The first kappa shape index (κ1) is 16.0. The van der Waals surface area contributed by atoms with Gasteiger partial charge in [-0.15, -0.1) is 0 Å². The smallest absolute Gasteiger partial charge is 0.246 e. The van der Waals surface area contributed by atoms with Crippen LogP contribution < -0.4 is 24.8 Å². The van der Waals surface area contributed by atoms with Gasteiger partial charge in [0.25, 0.3) is 0 Å². The van der Waals surface area contributed by atoms with Crippen LogP contribution in [0.5, 0.6) is 17.2 Å². The number of carbonyl (C=O) groups is 1. The van der Waals surface area contributed by atoms with Crippen LogP contribution in [0.1, 0.15) is 6.92 Å². The van der Waals surface area contributed by atoms with Crippen LogP contribution in [0.2, 0.25) is 0 Å². The molecule has 6 heteroatoms. The minimum Gasteiger partial charge on any atom is -0.495 e. The molecule has 0 spiro atoms. The summed E-state index contributed by atoms with van der Waals surface area (Å²) in [5.41, 5.74) is 1.43.